The van der Waals surface area contributed by atoms with Crippen molar-refractivity contribution in [3.05, 3.63) is 66.4 Å². The van der Waals surface area contributed by atoms with Crippen LogP contribution in [0.2, 0.25) is 0 Å². The number of morpholine rings is 1. The van der Waals surface area contributed by atoms with E-state index in [-0.39, 0.29) is 0 Å². The molecule has 29 heavy (non-hydrogen) atoms. The van der Waals surface area contributed by atoms with Crippen LogP contribution in [0, 0.1) is 6.92 Å². The number of para-hydroxylation sites is 1. The van der Waals surface area contributed by atoms with Gasteiger partial charge in [-0.05, 0) is 31.2 Å². The fourth-order valence-corrected chi connectivity index (χ4v) is 3.43. The number of nitrogens with zero attached hydrogens (tertiary/aromatic N) is 5. The van der Waals surface area contributed by atoms with Gasteiger partial charge in [-0.25, -0.2) is 4.68 Å². The number of rotatable bonds is 4. The van der Waals surface area contributed by atoms with Crippen molar-refractivity contribution in [3.63, 3.8) is 0 Å². The molecule has 5 rings (SSSR count). The zero-order valence-corrected chi connectivity index (χ0v) is 16.2. The fourth-order valence-electron chi connectivity index (χ4n) is 3.43. The van der Waals surface area contributed by atoms with E-state index >= 15 is 0 Å². The lowest BCUT2D eigenvalue weighted by Crippen LogP contribution is -2.37. The van der Waals surface area contributed by atoms with Crippen LogP contribution in [0.15, 0.2) is 60.8 Å². The van der Waals surface area contributed by atoms with E-state index < -0.39 is 0 Å². The van der Waals surface area contributed by atoms with E-state index in [0.29, 0.717) is 19.2 Å². The van der Waals surface area contributed by atoms with Crippen LogP contribution >= 0.6 is 0 Å². The van der Waals surface area contributed by atoms with E-state index in [4.69, 9.17) is 14.7 Å². The highest BCUT2D eigenvalue weighted by Crippen LogP contribution is 2.28. The molecule has 1 saturated heterocycles. The molecule has 1 fully saturated rings. The lowest BCUT2D eigenvalue weighted by atomic mass is 10.2. The molecule has 0 bridgehead atoms. The van der Waals surface area contributed by atoms with Gasteiger partial charge in [-0.15, -0.1) is 0 Å². The van der Waals surface area contributed by atoms with E-state index in [2.05, 4.69) is 46.5 Å². The van der Waals surface area contributed by atoms with Crippen molar-refractivity contribution < 1.29 is 4.74 Å². The summed E-state index contributed by atoms with van der Waals surface area (Å²) in [5.41, 5.74) is 3.95. The van der Waals surface area contributed by atoms with Crippen molar-refractivity contribution in [1.82, 2.24) is 19.7 Å². The van der Waals surface area contributed by atoms with Crippen molar-refractivity contribution in [2.75, 3.05) is 36.5 Å². The molecule has 0 aliphatic carbocycles. The molecule has 4 aromatic rings. The van der Waals surface area contributed by atoms with Crippen LogP contribution < -0.4 is 10.2 Å². The second-order valence-corrected chi connectivity index (χ2v) is 7.09. The molecule has 0 saturated carbocycles. The van der Waals surface area contributed by atoms with E-state index in [9.17, 15) is 0 Å². The number of ether oxygens (including phenoxy) is 1. The fraction of sp³-hybridized carbons (Fsp3) is 0.227. The number of anilines is 3. The summed E-state index contributed by atoms with van der Waals surface area (Å²) in [4.78, 5) is 11.9. The first-order chi connectivity index (χ1) is 14.3. The minimum Gasteiger partial charge on any atom is -0.378 e. The van der Waals surface area contributed by atoms with E-state index in [0.717, 1.165) is 41.3 Å². The summed E-state index contributed by atoms with van der Waals surface area (Å²) in [6.45, 7) is 4.98. The Hall–Kier alpha value is -3.45. The molecule has 2 aromatic carbocycles. The Morgan fingerprint density at radius 3 is 2.45 bits per heavy atom. The molecular weight excluding hydrogens is 364 g/mol. The van der Waals surface area contributed by atoms with Gasteiger partial charge in [-0.1, -0.05) is 35.9 Å². The van der Waals surface area contributed by atoms with E-state index in [1.54, 1.807) is 0 Å². The summed E-state index contributed by atoms with van der Waals surface area (Å²) in [5, 5.41) is 8.94. The highest BCUT2D eigenvalue weighted by Gasteiger charge is 2.19. The van der Waals surface area contributed by atoms with Crippen LogP contribution in [-0.4, -0.2) is 46.1 Å². The van der Waals surface area contributed by atoms with Crippen molar-refractivity contribution in [2.45, 2.75) is 6.92 Å². The number of fused-ring (bicyclic) bond motifs is 1. The SMILES string of the molecule is Cc1ccc(Nc2nc(N3CCOCC3)nc3c2cnn3-c2ccccc2)cc1. The monoisotopic (exact) mass is 386 g/mol. The summed E-state index contributed by atoms with van der Waals surface area (Å²) in [5.74, 6) is 1.44. The third-order valence-corrected chi connectivity index (χ3v) is 5.03. The zero-order chi connectivity index (χ0) is 19.6. The molecule has 2 aromatic heterocycles. The van der Waals surface area contributed by atoms with Crippen LogP contribution in [0.3, 0.4) is 0 Å². The van der Waals surface area contributed by atoms with Gasteiger partial charge >= 0.3 is 0 Å². The average Bonchev–Trinajstić information content (AvgIpc) is 3.21. The van der Waals surface area contributed by atoms with Crippen molar-refractivity contribution in [3.8, 4) is 5.69 Å². The number of aromatic nitrogens is 4. The maximum Gasteiger partial charge on any atom is 0.229 e. The van der Waals surface area contributed by atoms with Gasteiger partial charge in [0.15, 0.2) is 5.65 Å². The van der Waals surface area contributed by atoms with Crippen LogP contribution in [0.25, 0.3) is 16.7 Å². The highest BCUT2D eigenvalue weighted by molar-refractivity contribution is 5.90. The van der Waals surface area contributed by atoms with Gasteiger partial charge in [0.2, 0.25) is 5.95 Å². The summed E-state index contributed by atoms with van der Waals surface area (Å²) in [7, 11) is 0. The lowest BCUT2D eigenvalue weighted by molar-refractivity contribution is 0.122. The molecule has 0 atom stereocenters. The van der Waals surface area contributed by atoms with Crippen LogP contribution in [-0.2, 0) is 4.74 Å². The van der Waals surface area contributed by atoms with Gasteiger partial charge in [0, 0.05) is 18.8 Å². The number of aryl methyl sites for hydroxylation is 1. The molecule has 0 unspecified atom stereocenters. The Kier molecular flexibility index (Phi) is 4.57. The van der Waals surface area contributed by atoms with Crippen molar-refractivity contribution >= 4 is 28.5 Å². The van der Waals surface area contributed by atoms with Crippen LogP contribution in [0.5, 0.6) is 0 Å². The quantitative estimate of drug-likeness (QED) is 0.577. The van der Waals surface area contributed by atoms with Gasteiger partial charge in [-0.2, -0.15) is 15.1 Å². The molecule has 0 amide bonds. The number of benzene rings is 2. The molecule has 3 heterocycles. The third kappa shape index (κ3) is 3.52. The summed E-state index contributed by atoms with van der Waals surface area (Å²) in [6, 6.07) is 18.3. The first-order valence-electron chi connectivity index (χ1n) is 9.75. The Balaban J connectivity index is 1.63. The first-order valence-corrected chi connectivity index (χ1v) is 9.75. The van der Waals surface area contributed by atoms with Gasteiger partial charge < -0.3 is 15.0 Å². The number of hydrogen-bond donors (Lipinski definition) is 1. The minimum absolute atomic E-state index is 0.681. The third-order valence-electron chi connectivity index (χ3n) is 5.03. The molecule has 1 aliphatic heterocycles. The number of nitrogens with one attached hydrogen (secondary N) is 1. The van der Waals surface area contributed by atoms with Crippen molar-refractivity contribution in [1.29, 1.82) is 0 Å². The van der Waals surface area contributed by atoms with Gasteiger partial charge in [-0.3, -0.25) is 0 Å². The number of hydrogen-bond acceptors (Lipinski definition) is 6. The molecular formula is C22H22N6O. The maximum atomic E-state index is 5.49. The Morgan fingerprint density at radius 2 is 1.69 bits per heavy atom. The Bertz CT molecular complexity index is 1120. The van der Waals surface area contributed by atoms with Gasteiger partial charge in [0.1, 0.15) is 5.82 Å². The molecule has 0 spiro atoms. The smallest absolute Gasteiger partial charge is 0.229 e. The molecule has 1 N–H and O–H groups in total. The maximum absolute atomic E-state index is 5.49. The normalized spacial score (nSPS) is 14.3. The van der Waals surface area contributed by atoms with E-state index in [1.807, 2.05) is 41.2 Å². The Morgan fingerprint density at radius 1 is 0.931 bits per heavy atom. The van der Waals surface area contributed by atoms with Gasteiger partial charge in [0.25, 0.3) is 0 Å². The first kappa shape index (κ1) is 17.6. The molecule has 146 valence electrons. The van der Waals surface area contributed by atoms with Gasteiger partial charge in [0.05, 0.1) is 30.5 Å². The summed E-state index contributed by atoms with van der Waals surface area (Å²) < 4.78 is 7.36. The minimum atomic E-state index is 0.681. The largest absolute Gasteiger partial charge is 0.378 e. The van der Waals surface area contributed by atoms with Crippen LogP contribution in [0.1, 0.15) is 5.56 Å². The Labute approximate surface area is 169 Å². The van der Waals surface area contributed by atoms with E-state index in [1.165, 1.54) is 5.56 Å². The second kappa shape index (κ2) is 7.52. The standard InChI is InChI=1S/C22H22N6O/c1-16-7-9-17(10-8-16)24-20-19-15-23-28(18-5-3-2-4-6-18)21(19)26-22(25-20)27-11-13-29-14-12-27/h2-10,15H,11-14H2,1H3,(H,24,25,26). The predicted octanol–water partition coefficient (Wildman–Crippen LogP) is 3.70. The average molecular weight is 386 g/mol. The topological polar surface area (TPSA) is 68.1 Å². The molecule has 7 nitrogen and oxygen atoms in total. The van der Waals surface area contributed by atoms with Crippen molar-refractivity contribution in [2.24, 2.45) is 0 Å². The summed E-state index contributed by atoms with van der Waals surface area (Å²) >= 11 is 0. The zero-order valence-electron chi connectivity index (χ0n) is 16.2. The lowest BCUT2D eigenvalue weighted by Gasteiger charge is -2.27. The molecule has 1 aliphatic rings. The highest BCUT2D eigenvalue weighted by atomic mass is 16.5. The molecule has 0 radical (unpaired) electrons. The predicted molar refractivity (Wildman–Crippen MR) is 114 cm³/mol. The molecule has 7 heteroatoms. The summed E-state index contributed by atoms with van der Waals surface area (Å²) in [6.07, 6.45) is 1.82. The van der Waals surface area contributed by atoms with Crippen LogP contribution in [0.4, 0.5) is 17.5 Å². The second-order valence-electron chi connectivity index (χ2n) is 7.09.